The summed E-state index contributed by atoms with van der Waals surface area (Å²) >= 11 is 6.07. The van der Waals surface area contributed by atoms with Gasteiger partial charge in [-0.05, 0) is 68.5 Å². The molecule has 4 unspecified atom stereocenters. The highest BCUT2D eigenvalue weighted by atomic mass is 35.5. The van der Waals surface area contributed by atoms with Gasteiger partial charge in [-0.15, -0.1) is 0 Å². The molecule has 4 rings (SSSR count). The third-order valence-corrected chi connectivity index (χ3v) is 8.38. The zero-order valence-corrected chi connectivity index (χ0v) is 19.6. The minimum Gasteiger partial charge on any atom is -0.481 e. The largest absolute Gasteiger partial charge is 0.481 e. The van der Waals surface area contributed by atoms with E-state index in [2.05, 4.69) is 6.92 Å². The number of rotatable bonds is 7. The van der Waals surface area contributed by atoms with Gasteiger partial charge in [-0.3, -0.25) is 4.79 Å². The van der Waals surface area contributed by atoms with Crippen LogP contribution < -0.4 is 4.74 Å². The lowest BCUT2D eigenvalue weighted by Crippen LogP contribution is -2.46. The van der Waals surface area contributed by atoms with Crippen LogP contribution in [-0.2, 0) is 21.2 Å². The zero-order chi connectivity index (χ0) is 22.3. The SMILES string of the molecule is Cc1cc(OC(C)C(=O)N(Cc2ccc(C3CC3C)o2)C2CCS(=O)(=O)C2)ccc1Cl. The number of nitrogens with zero attached hydrogens (tertiary/aromatic N) is 1. The van der Waals surface area contributed by atoms with Crippen LogP contribution in [0.1, 0.15) is 49.7 Å². The molecule has 2 fully saturated rings. The van der Waals surface area contributed by atoms with Gasteiger partial charge in [-0.1, -0.05) is 18.5 Å². The molecule has 6 nitrogen and oxygen atoms in total. The second kappa shape index (κ2) is 8.51. The number of amides is 1. The number of hydrogen-bond donors (Lipinski definition) is 0. The number of furan rings is 1. The first-order valence-electron chi connectivity index (χ1n) is 10.7. The standard InChI is InChI=1S/C23H28ClNO5S/c1-14-11-20(14)22-7-5-19(30-22)12-25(17-8-9-31(27,28)13-17)23(26)16(3)29-18-4-6-21(24)15(2)10-18/h4-7,10,14,16-17,20H,8-9,11-13H2,1-3H3. The Bertz CT molecular complexity index is 1080. The summed E-state index contributed by atoms with van der Waals surface area (Å²) in [5, 5.41) is 0.628. The van der Waals surface area contributed by atoms with Crippen molar-refractivity contribution < 1.29 is 22.4 Å². The van der Waals surface area contributed by atoms with Gasteiger partial charge in [0.25, 0.3) is 5.91 Å². The van der Waals surface area contributed by atoms with Crippen LogP contribution in [0, 0.1) is 12.8 Å². The Morgan fingerprint density at radius 2 is 2.06 bits per heavy atom. The van der Waals surface area contributed by atoms with Crippen molar-refractivity contribution >= 4 is 27.3 Å². The Morgan fingerprint density at radius 3 is 2.68 bits per heavy atom. The van der Waals surface area contributed by atoms with Crippen molar-refractivity contribution in [2.75, 3.05) is 11.5 Å². The van der Waals surface area contributed by atoms with E-state index in [-0.39, 0.29) is 30.0 Å². The summed E-state index contributed by atoms with van der Waals surface area (Å²) in [5.74, 6) is 3.02. The number of halogens is 1. The first-order chi connectivity index (χ1) is 14.6. The maximum atomic E-state index is 13.3. The summed E-state index contributed by atoms with van der Waals surface area (Å²) in [6.07, 6.45) is 0.761. The van der Waals surface area contributed by atoms with E-state index in [4.69, 9.17) is 20.8 Å². The number of ether oxygens (including phenoxy) is 1. The first kappa shape index (κ1) is 22.2. The minimum atomic E-state index is -3.15. The number of benzene rings is 1. The molecule has 1 aromatic carbocycles. The van der Waals surface area contributed by atoms with Crippen LogP contribution in [0.2, 0.25) is 5.02 Å². The highest BCUT2D eigenvalue weighted by Crippen LogP contribution is 2.47. The lowest BCUT2D eigenvalue weighted by molar-refractivity contribution is -0.141. The van der Waals surface area contributed by atoms with E-state index < -0.39 is 15.9 Å². The van der Waals surface area contributed by atoms with Crippen LogP contribution in [-0.4, -0.2) is 42.9 Å². The van der Waals surface area contributed by atoms with Crippen molar-refractivity contribution in [2.24, 2.45) is 5.92 Å². The van der Waals surface area contributed by atoms with Gasteiger partial charge in [0.1, 0.15) is 17.3 Å². The maximum absolute atomic E-state index is 13.3. The van der Waals surface area contributed by atoms with Crippen LogP contribution in [0.15, 0.2) is 34.7 Å². The van der Waals surface area contributed by atoms with E-state index >= 15 is 0 Å². The molecule has 0 radical (unpaired) electrons. The van der Waals surface area contributed by atoms with Crippen molar-refractivity contribution in [3.63, 3.8) is 0 Å². The molecule has 168 valence electrons. The number of carbonyl (C=O) groups is 1. The molecule has 2 aliphatic rings. The fourth-order valence-corrected chi connectivity index (χ4v) is 6.00. The van der Waals surface area contributed by atoms with Gasteiger partial charge in [0.05, 0.1) is 18.1 Å². The summed E-state index contributed by atoms with van der Waals surface area (Å²) in [7, 11) is -3.15. The van der Waals surface area contributed by atoms with Gasteiger partial charge in [-0.2, -0.15) is 0 Å². The van der Waals surface area contributed by atoms with E-state index in [0.717, 1.165) is 17.7 Å². The number of sulfone groups is 1. The van der Waals surface area contributed by atoms with Gasteiger partial charge in [0, 0.05) is 17.0 Å². The first-order valence-corrected chi connectivity index (χ1v) is 12.8. The molecule has 2 aromatic rings. The topological polar surface area (TPSA) is 76.8 Å². The average Bonchev–Trinajstić information content (AvgIpc) is 3.10. The number of carbonyl (C=O) groups excluding carboxylic acids is 1. The van der Waals surface area contributed by atoms with E-state index in [0.29, 0.717) is 34.8 Å². The van der Waals surface area contributed by atoms with Gasteiger partial charge in [0.2, 0.25) is 0 Å². The van der Waals surface area contributed by atoms with Gasteiger partial charge >= 0.3 is 0 Å². The lowest BCUT2D eigenvalue weighted by atomic mass is 10.2. The number of hydrogen-bond acceptors (Lipinski definition) is 5. The molecule has 4 atom stereocenters. The van der Waals surface area contributed by atoms with Gasteiger partial charge in [0.15, 0.2) is 15.9 Å². The summed E-state index contributed by atoms with van der Waals surface area (Å²) < 4.78 is 36.0. The third-order valence-electron chi connectivity index (χ3n) is 6.21. The Kier molecular flexibility index (Phi) is 6.10. The van der Waals surface area contributed by atoms with E-state index in [9.17, 15) is 13.2 Å². The highest BCUT2D eigenvalue weighted by Gasteiger charge is 2.39. The van der Waals surface area contributed by atoms with Crippen LogP contribution in [0.25, 0.3) is 0 Å². The van der Waals surface area contributed by atoms with Crippen molar-refractivity contribution in [3.05, 3.63) is 52.4 Å². The van der Waals surface area contributed by atoms with Gasteiger partial charge in [-0.25, -0.2) is 8.42 Å². The third kappa shape index (κ3) is 5.09. The second-order valence-corrected chi connectivity index (χ2v) is 11.5. The summed E-state index contributed by atoms with van der Waals surface area (Å²) in [6, 6.07) is 8.70. The molecule has 1 saturated heterocycles. The summed E-state index contributed by atoms with van der Waals surface area (Å²) in [5.41, 5.74) is 0.856. The quantitative estimate of drug-likeness (QED) is 0.607. The van der Waals surface area contributed by atoms with Crippen molar-refractivity contribution in [1.29, 1.82) is 0 Å². The smallest absolute Gasteiger partial charge is 0.264 e. The summed E-state index contributed by atoms with van der Waals surface area (Å²) in [4.78, 5) is 15.0. The molecule has 2 heterocycles. The predicted molar refractivity (Wildman–Crippen MR) is 119 cm³/mol. The zero-order valence-electron chi connectivity index (χ0n) is 18.0. The lowest BCUT2D eigenvalue weighted by Gasteiger charge is -2.30. The monoisotopic (exact) mass is 465 g/mol. The van der Waals surface area contributed by atoms with Crippen molar-refractivity contribution in [2.45, 2.75) is 58.2 Å². The molecule has 8 heteroatoms. The molecule has 1 amide bonds. The fraction of sp³-hybridized carbons (Fsp3) is 0.522. The van der Waals surface area contributed by atoms with Crippen LogP contribution in [0.5, 0.6) is 5.75 Å². The highest BCUT2D eigenvalue weighted by molar-refractivity contribution is 7.91. The average molecular weight is 466 g/mol. The Labute approximate surface area is 188 Å². The van der Waals surface area contributed by atoms with Crippen molar-refractivity contribution in [1.82, 2.24) is 4.90 Å². The summed E-state index contributed by atoms with van der Waals surface area (Å²) in [6.45, 7) is 5.96. The van der Waals surface area contributed by atoms with Crippen molar-refractivity contribution in [3.8, 4) is 5.75 Å². The molecule has 1 saturated carbocycles. The fourth-order valence-electron chi connectivity index (χ4n) is 4.15. The normalized spacial score (nSPS) is 25.2. The molecule has 0 bridgehead atoms. The number of aryl methyl sites for hydroxylation is 1. The van der Waals surface area contributed by atoms with Crippen LogP contribution in [0.4, 0.5) is 0 Å². The Hall–Kier alpha value is -1.99. The molecule has 0 N–H and O–H groups in total. The molecule has 1 aliphatic carbocycles. The van der Waals surface area contributed by atoms with E-state index in [1.165, 1.54) is 0 Å². The molecular weight excluding hydrogens is 438 g/mol. The van der Waals surface area contributed by atoms with E-state index in [1.807, 2.05) is 19.1 Å². The predicted octanol–water partition coefficient (Wildman–Crippen LogP) is 4.35. The molecule has 0 spiro atoms. The Balaban J connectivity index is 1.52. The Morgan fingerprint density at radius 1 is 1.32 bits per heavy atom. The second-order valence-electron chi connectivity index (χ2n) is 8.82. The molecule has 1 aliphatic heterocycles. The molecule has 1 aromatic heterocycles. The molecule has 31 heavy (non-hydrogen) atoms. The maximum Gasteiger partial charge on any atom is 0.264 e. The van der Waals surface area contributed by atoms with Crippen LogP contribution >= 0.6 is 11.6 Å². The van der Waals surface area contributed by atoms with E-state index in [1.54, 1.807) is 30.0 Å². The van der Waals surface area contributed by atoms with Gasteiger partial charge < -0.3 is 14.1 Å². The minimum absolute atomic E-state index is 0.0290. The molecular formula is C23H28ClNO5S. The van der Waals surface area contributed by atoms with Crippen LogP contribution in [0.3, 0.4) is 0 Å².